The number of fused-ring (bicyclic) bond motifs is 1. The third kappa shape index (κ3) is 2.43. The second kappa shape index (κ2) is 5.51. The summed E-state index contributed by atoms with van der Waals surface area (Å²) in [7, 11) is 0. The first-order valence-corrected chi connectivity index (χ1v) is 7.83. The Kier molecular flexibility index (Phi) is 3.70. The Morgan fingerprint density at radius 3 is 2.62 bits per heavy atom. The average Bonchev–Trinajstić information content (AvgIpc) is 2.87. The fourth-order valence-corrected chi connectivity index (χ4v) is 3.44. The van der Waals surface area contributed by atoms with Crippen LogP contribution in [0.15, 0.2) is 18.2 Å². The normalized spacial score (nSPS) is 16.7. The van der Waals surface area contributed by atoms with Crippen molar-refractivity contribution in [2.24, 2.45) is 0 Å². The van der Waals surface area contributed by atoms with Crippen LogP contribution in [-0.4, -0.2) is 20.6 Å². The molecule has 4 nitrogen and oxygen atoms in total. The lowest BCUT2D eigenvalue weighted by molar-refractivity contribution is 0.0699. The molecule has 0 atom stereocenters. The van der Waals surface area contributed by atoms with Crippen LogP contribution in [0, 0.1) is 0 Å². The number of nitrogens with zero attached hydrogens (tertiary/aromatic N) is 2. The van der Waals surface area contributed by atoms with E-state index in [1.807, 2.05) is 12.1 Å². The zero-order chi connectivity index (χ0) is 15.0. The Balaban J connectivity index is 2.22. The summed E-state index contributed by atoms with van der Waals surface area (Å²) in [5, 5.41) is 9.38. The summed E-state index contributed by atoms with van der Waals surface area (Å²) in [5.74, 6) is 0.413. The first kappa shape index (κ1) is 14.1. The second-order valence-electron chi connectivity index (χ2n) is 6.26. The SMILES string of the molecule is CC(C)c1nc2c(C(=O)O)cccc2n1C1CCCCC1. The summed E-state index contributed by atoms with van der Waals surface area (Å²) in [6, 6.07) is 5.95. The predicted molar refractivity (Wildman–Crippen MR) is 82.9 cm³/mol. The van der Waals surface area contributed by atoms with Crippen molar-refractivity contribution in [1.29, 1.82) is 0 Å². The van der Waals surface area contributed by atoms with Gasteiger partial charge in [-0.05, 0) is 25.0 Å². The number of hydrogen-bond acceptors (Lipinski definition) is 2. The molecule has 0 saturated heterocycles. The molecule has 1 fully saturated rings. The van der Waals surface area contributed by atoms with E-state index in [-0.39, 0.29) is 0 Å². The van der Waals surface area contributed by atoms with Gasteiger partial charge in [0.2, 0.25) is 0 Å². The number of aromatic carboxylic acids is 1. The highest BCUT2D eigenvalue weighted by atomic mass is 16.4. The molecule has 0 radical (unpaired) electrons. The number of aromatic nitrogens is 2. The maximum absolute atomic E-state index is 11.4. The monoisotopic (exact) mass is 286 g/mol. The highest BCUT2D eigenvalue weighted by Crippen LogP contribution is 2.35. The van der Waals surface area contributed by atoms with Crippen molar-refractivity contribution in [1.82, 2.24) is 9.55 Å². The van der Waals surface area contributed by atoms with Crippen molar-refractivity contribution < 1.29 is 9.90 Å². The topological polar surface area (TPSA) is 55.1 Å². The Bertz CT molecular complexity index is 667. The highest BCUT2D eigenvalue weighted by molar-refractivity contribution is 6.01. The third-order valence-electron chi connectivity index (χ3n) is 4.43. The molecule has 1 aliphatic rings. The number of carboxylic acid groups (broad SMARTS) is 1. The lowest BCUT2D eigenvalue weighted by Gasteiger charge is -2.26. The maximum Gasteiger partial charge on any atom is 0.337 e. The van der Waals surface area contributed by atoms with Crippen LogP contribution in [0.3, 0.4) is 0 Å². The van der Waals surface area contributed by atoms with Gasteiger partial charge < -0.3 is 9.67 Å². The quantitative estimate of drug-likeness (QED) is 0.911. The molecule has 2 aromatic rings. The average molecular weight is 286 g/mol. The van der Waals surface area contributed by atoms with Crippen LogP contribution in [0.2, 0.25) is 0 Å². The van der Waals surface area contributed by atoms with Crippen molar-refractivity contribution in [3.05, 3.63) is 29.6 Å². The van der Waals surface area contributed by atoms with E-state index in [0.717, 1.165) is 11.3 Å². The molecule has 1 aromatic heterocycles. The molecule has 1 N–H and O–H groups in total. The van der Waals surface area contributed by atoms with Crippen molar-refractivity contribution >= 4 is 17.0 Å². The van der Waals surface area contributed by atoms with E-state index in [0.29, 0.717) is 23.0 Å². The molecule has 0 amide bonds. The number of benzene rings is 1. The van der Waals surface area contributed by atoms with Gasteiger partial charge in [0.05, 0.1) is 11.1 Å². The van der Waals surface area contributed by atoms with E-state index in [1.54, 1.807) is 6.07 Å². The minimum atomic E-state index is -0.899. The van der Waals surface area contributed by atoms with Gasteiger partial charge >= 0.3 is 5.97 Å². The van der Waals surface area contributed by atoms with Gasteiger partial charge in [-0.3, -0.25) is 0 Å². The zero-order valence-electron chi connectivity index (χ0n) is 12.7. The Labute approximate surface area is 124 Å². The first-order chi connectivity index (χ1) is 10.1. The third-order valence-corrected chi connectivity index (χ3v) is 4.43. The van der Waals surface area contributed by atoms with Crippen molar-refractivity contribution in [3.63, 3.8) is 0 Å². The van der Waals surface area contributed by atoms with Crippen LogP contribution in [-0.2, 0) is 0 Å². The van der Waals surface area contributed by atoms with E-state index in [4.69, 9.17) is 4.98 Å². The van der Waals surface area contributed by atoms with Crippen LogP contribution in [0.1, 0.15) is 74.1 Å². The molecule has 112 valence electrons. The number of para-hydroxylation sites is 1. The summed E-state index contributed by atoms with van der Waals surface area (Å²) >= 11 is 0. The van der Waals surface area contributed by atoms with Gasteiger partial charge in [0.1, 0.15) is 11.3 Å². The maximum atomic E-state index is 11.4. The van der Waals surface area contributed by atoms with E-state index in [9.17, 15) is 9.90 Å². The fraction of sp³-hybridized carbons (Fsp3) is 0.529. The molecule has 1 saturated carbocycles. The molecule has 3 rings (SSSR count). The molecule has 1 aromatic carbocycles. The summed E-state index contributed by atoms with van der Waals surface area (Å²) in [4.78, 5) is 16.1. The van der Waals surface area contributed by atoms with Crippen LogP contribution in [0.4, 0.5) is 0 Å². The molecule has 4 heteroatoms. The van der Waals surface area contributed by atoms with E-state index in [2.05, 4.69) is 18.4 Å². The molecule has 21 heavy (non-hydrogen) atoms. The molecule has 1 heterocycles. The van der Waals surface area contributed by atoms with Crippen LogP contribution in [0.5, 0.6) is 0 Å². The number of carbonyl (C=O) groups is 1. The Morgan fingerprint density at radius 2 is 2.00 bits per heavy atom. The fourth-order valence-electron chi connectivity index (χ4n) is 3.44. The minimum Gasteiger partial charge on any atom is -0.478 e. The van der Waals surface area contributed by atoms with E-state index >= 15 is 0 Å². The lowest BCUT2D eigenvalue weighted by atomic mass is 9.94. The smallest absolute Gasteiger partial charge is 0.337 e. The summed E-state index contributed by atoms with van der Waals surface area (Å²) in [5.41, 5.74) is 1.92. The van der Waals surface area contributed by atoms with Crippen LogP contribution >= 0.6 is 0 Å². The molecule has 0 aliphatic heterocycles. The molecule has 0 spiro atoms. The second-order valence-corrected chi connectivity index (χ2v) is 6.26. The summed E-state index contributed by atoms with van der Waals surface area (Å²) in [6.07, 6.45) is 6.15. The molecule has 1 aliphatic carbocycles. The highest BCUT2D eigenvalue weighted by Gasteiger charge is 2.24. The van der Waals surface area contributed by atoms with Crippen molar-refractivity contribution in [2.75, 3.05) is 0 Å². The standard InChI is InChI=1S/C17H22N2O2/c1-11(2)16-18-15-13(17(20)21)9-6-10-14(15)19(16)12-7-4-3-5-8-12/h6,9-12H,3-5,7-8H2,1-2H3,(H,20,21). The Morgan fingerprint density at radius 1 is 1.29 bits per heavy atom. The van der Waals surface area contributed by atoms with Gasteiger partial charge in [-0.25, -0.2) is 9.78 Å². The van der Waals surface area contributed by atoms with Gasteiger partial charge in [-0.15, -0.1) is 0 Å². The van der Waals surface area contributed by atoms with Crippen LogP contribution < -0.4 is 0 Å². The van der Waals surface area contributed by atoms with Gasteiger partial charge in [-0.2, -0.15) is 0 Å². The van der Waals surface area contributed by atoms with Gasteiger partial charge in [0.15, 0.2) is 0 Å². The minimum absolute atomic E-state index is 0.293. The molecular formula is C17H22N2O2. The van der Waals surface area contributed by atoms with Gasteiger partial charge in [0, 0.05) is 12.0 Å². The number of carboxylic acids is 1. The van der Waals surface area contributed by atoms with E-state index < -0.39 is 5.97 Å². The zero-order valence-corrected chi connectivity index (χ0v) is 12.7. The van der Waals surface area contributed by atoms with Crippen molar-refractivity contribution in [3.8, 4) is 0 Å². The van der Waals surface area contributed by atoms with Crippen molar-refractivity contribution in [2.45, 2.75) is 57.9 Å². The van der Waals surface area contributed by atoms with E-state index in [1.165, 1.54) is 32.1 Å². The first-order valence-electron chi connectivity index (χ1n) is 7.83. The molecular weight excluding hydrogens is 264 g/mol. The van der Waals surface area contributed by atoms with Gasteiger partial charge in [-0.1, -0.05) is 39.2 Å². The number of imidazole rings is 1. The summed E-state index contributed by atoms with van der Waals surface area (Å²) < 4.78 is 2.31. The number of rotatable bonds is 3. The predicted octanol–water partition coefficient (Wildman–Crippen LogP) is 4.36. The van der Waals surface area contributed by atoms with Gasteiger partial charge in [0.25, 0.3) is 0 Å². The lowest BCUT2D eigenvalue weighted by Crippen LogP contribution is -2.16. The molecule has 0 bridgehead atoms. The Hall–Kier alpha value is -1.84. The molecule has 0 unspecified atom stereocenters. The largest absolute Gasteiger partial charge is 0.478 e. The number of hydrogen-bond donors (Lipinski definition) is 1. The summed E-state index contributed by atoms with van der Waals surface area (Å²) in [6.45, 7) is 4.25. The van der Waals surface area contributed by atoms with Crippen LogP contribution in [0.25, 0.3) is 11.0 Å².